The van der Waals surface area contributed by atoms with E-state index in [9.17, 15) is 0 Å². The average Bonchev–Trinajstić information content (AvgIpc) is 2.71. The lowest BCUT2D eigenvalue weighted by Gasteiger charge is -2.24. The van der Waals surface area contributed by atoms with Gasteiger partial charge in [0.05, 0.1) is 6.10 Å². The minimum Gasteiger partial charge on any atom is -0.464 e. The molecule has 0 radical (unpaired) electrons. The standard InChI is InChI=1S/C13H23NO2/c1-5-9(3)16-13(11(14)6-2)12-8-7-10(4)15-12/h7-9,11,13H,5-6,14H2,1-4H3. The highest BCUT2D eigenvalue weighted by Gasteiger charge is 2.24. The summed E-state index contributed by atoms with van der Waals surface area (Å²) >= 11 is 0. The summed E-state index contributed by atoms with van der Waals surface area (Å²) < 4.78 is 11.5. The molecule has 0 saturated heterocycles. The van der Waals surface area contributed by atoms with Crippen molar-refractivity contribution in [1.82, 2.24) is 0 Å². The van der Waals surface area contributed by atoms with E-state index in [1.165, 1.54) is 0 Å². The van der Waals surface area contributed by atoms with Gasteiger partial charge >= 0.3 is 0 Å². The topological polar surface area (TPSA) is 48.4 Å². The van der Waals surface area contributed by atoms with Crippen LogP contribution in [-0.4, -0.2) is 12.1 Å². The van der Waals surface area contributed by atoms with E-state index in [-0.39, 0.29) is 18.2 Å². The van der Waals surface area contributed by atoms with E-state index in [2.05, 4.69) is 20.8 Å². The molecule has 3 nitrogen and oxygen atoms in total. The lowest BCUT2D eigenvalue weighted by atomic mass is 10.1. The van der Waals surface area contributed by atoms with Crippen LogP contribution in [0.3, 0.4) is 0 Å². The van der Waals surface area contributed by atoms with E-state index in [4.69, 9.17) is 14.9 Å². The monoisotopic (exact) mass is 225 g/mol. The maximum atomic E-state index is 6.08. The number of rotatable bonds is 6. The molecule has 0 bridgehead atoms. The largest absolute Gasteiger partial charge is 0.464 e. The van der Waals surface area contributed by atoms with Crippen LogP contribution in [0.2, 0.25) is 0 Å². The molecule has 92 valence electrons. The molecule has 0 saturated carbocycles. The average molecular weight is 225 g/mol. The Kier molecular flexibility index (Phi) is 5.03. The highest BCUT2D eigenvalue weighted by Crippen LogP contribution is 2.26. The number of ether oxygens (including phenoxy) is 1. The normalized spacial score (nSPS) is 17.1. The van der Waals surface area contributed by atoms with Crippen molar-refractivity contribution < 1.29 is 9.15 Å². The van der Waals surface area contributed by atoms with Crippen LogP contribution in [0.5, 0.6) is 0 Å². The maximum absolute atomic E-state index is 6.08. The van der Waals surface area contributed by atoms with Crippen molar-refractivity contribution in [2.45, 2.75) is 58.8 Å². The Labute approximate surface area is 98.0 Å². The predicted octanol–water partition coefficient (Wildman–Crippen LogP) is 3.18. The first-order chi connectivity index (χ1) is 7.58. The number of aryl methyl sites for hydroxylation is 1. The third-order valence-electron chi connectivity index (χ3n) is 2.86. The van der Waals surface area contributed by atoms with Gasteiger partial charge in [-0.2, -0.15) is 0 Å². The van der Waals surface area contributed by atoms with Crippen LogP contribution in [0, 0.1) is 6.92 Å². The van der Waals surface area contributed by atoms with E-state index in [0.717, 1.165) is 24.4 Å². The van der Waals surface area contributed by atoms with Crippen molar-refractivity contribution in [3.8, 4) is 0 Å². The van der Waals surface area contributed by atoms with Crippen LogP contribution in [-0.2, 0) is 4.74 Å². The second-order valence-electron chi connectivity index (χ2n) is 4.30. The zero-order valence-electron chi connectivity index (χ0n) is 10.7. The fourth-order valence-corrected chi connectivity index (χ4v) is 1.55. The summed E-state index contributed by atoms with van der Waals surface area (Å²) in [4.78, 5) is 0. The molecule has 3 atom stereocenters. The molecule has 3 heteroatoms. The lowest BCUT2D eigenvalue weighted by Crippen LogP contribution is -2.31. The number of hydrogen-bond acceptors (Lipinski definition) is 3. The molecule has 0 aliphatic heterocycles. The van der Waals surface area contributed by atoms with Gasteiger partial charge in [-0.25, -0.2) is 0 Å². The summed E-state index contributed by atoms with van der Waals surface area (Å²) in [6.07, 6.45) is 1.93. The molecule has 0 amide bonds. The van der Waals surface area contributed by atoms with Gasteiger partial charge in [0.25, 0.3) is 0 Å². The van der Waals surface area contributed by atoms with Crippen molar-refractivity contribution in [2.24, 2.45) is 5.73 Å². The molecule has 0 aromatic carbocycles. The van der Waals surface area contributed by atoms with E-state index in [1.54, 1.807) is 0 Å². The first kappa shape index (κ1) is 13.3. The van der Waals surface area contributed by atoms with Crippen molar-refractivity contribution in [1.29, 1.82) is 0 Å². The summed E-state index contributed by atoms with van der Waals surface area (Å²) in [6, 6.07) is 3.89. The first-order valence-corrected chi connectivity index (χ1v) is 6.05. The van der Waals surface area contributed by atoms with Gasteiger partial charge in [-0.3, -0.25) is 0 Å². The van der Waals surface area contributed by atoms with Crippen LogP contribution in [0.1, 0.15) is 51.2 Å². The second kappa shape index (κ2) is 6.06. The first-order valence-electron chi connectivity index (χ1n) is 6.05. The Balaban J connectivity index is 2.78. The number of nitrogens with two attached hydrogens (primary N) is 1. The molecule has 0 aliphatic rings. The molecular formula is C13H23NO2. The van der Waals surface area contributed by atoms with Crippen LogP contribution in [0.4, 0.5) is 0 Å². The van der Waals surface area contributed by atoms with Gasteiger partial charge in [0.15, 0.2) is 0 Å². The zero-order valence-corrected chi connectivity index (χ0v) is 10.7. The summed E-state index contributed by atoms with van der Waals surface area (Å²) in [5, 5.41) is 0. The van der Waals surface area contributed by atoms with Gasteiger partial charge in [-0.1, -0.05) is 13.8 Å². The fourth-order valence-electron chi connectivity index (χ4n) is 1.55. The third kappa shape index (κ3) is 3.35. The van der Waals surface area contributed by atoms with Crippen molar-refractivity contribution in [2.75, 3.05) is 0 Å². The lowest BCUT2D eigenvalue weighted by molar-refractivity contribution is -0.0310. The molecule has 1 heterocycles. The highest BCUT2D eigenvalue weighted by atomic mass is 16.5. The summed E-state index contributed by atoms with van der Waals surface area (Å²) in [5.41, 5.74) is 6.08. The van der Waals surface area contributed by atoms with Crippen LogP contribution in [0.25, 0.3) is 0 Å². The Hall–Kier alpha value is -0.800. The van der Waals surface area contributed by atoms with Crippen LogP contribution in [0.15, 0.2) is 16.5 Å². The second-order valence-corrected chi connectivity index (χ2v) is 4.30. The Bertz CT molecular complexity index is 309. The van der Waals surface area contributed by atoms with Gasteiger partial charge in [-0.15, -0.1) is 0 Å². The highest BCUT2D eigenvalue weighted by molar-refractivity contribution is 5.10. The number of hydrogen-bond donors (Lipinski definition) is 1. The molecule has 2 N–H and O–H groups in total. The molecule has 16 heavy (non-hydrogen) atoms. The summed E-state index contributed by atoms with van der Waals surface area (Å²) in [6.45, 7) is 8.16. The van der Waals surface area contributed by atoms with Gasteiger partial charge in [0, 0.05) is 6.04 Å². The van der Waals surface area contributed by atoms with Crippen LogP contribution < -0.4 is 5.73 Å². The smallest absolute Gasteiger partial charge is 0.134 e. The van der Waals surface area contributed by atoms with Crippen LogP contribution >= 0.6 is 0 Å². The number of furan rings is 1. The Morgan fingerprint density at radius 3 is 2.44 bits per heavy atom. The quantitative estimate of drug-likeness (QED) is 0.809. The molecule has 3 unspecified atom stereocenters. The van der Waals surface area contributed by atoms with E-state index in [1.807, 2.05) is 19.1 Å². The minimum atomic E-state index is -0.131. The van der Waals surface area contributed by atoms with Gasteiger partial charge in [-0.05, 0) is 38.8 Å². The molecule has 1 rings (SSSR count). The van der Waals surface area contributed by atoms with E-state index >= 15 is 0 Å². The SMILES string of the molecule is CCC(C)OC(c1ccc(C)o1)C(N)CC. The predicted molar refractivity (Wildman–Crippen MR) is 65.3 cm³/mol. The van der Waals surface area contributed by atoms with Crippen molar-refractivity contribution in [3.63, 3.8) is 0 Å². The van der Waals surface area contributed by atoms with Gasteiger partial charge in [0.1, 0.15) is 17.6 Å². The molecule has 1 aromatic heterocycles. The fraction of sp³-hybridized carbons (Fsp3) is 0.692. The molecular weight excluding hydrogens is 202 g/mol. The Morgan fingerprint density at radius 1 is 1.31 bits per heavy atom. The van der Waals surface area contributed by atoms with E-state index in [0.29, 0.717) is 0 Å². The zero-order chi connectivity index (χ0) is 12.1. The Morgan fingerprint density at radius 2 is 2.00 bits per heavy atom. The minimum absolute atomic E-state index is 0.0143. The van der Waals surface area contributed by atoms with E-state index < -0.39 is 0 Å². The molecule has 0 fully saturated rings. The maximum Gasteiger partial charge on any atom is 0.134 e. The molecule has 0 spiro atoms. The van der Waals surface area contributed by atoms with Gasteiger partial charge < -0.3 is 14.9 Å². The van der Waals surface area contributed by atoms with Crippen molar-refractivity contribution in [3.05, 3.63) is 23.7 Å². The summed E-state index contributed by atoms with van der Waals surface area (Å²) in [5.74, 6) is 1.74. The van der Waals surface area contributed by atoms with Gasteiger partial charge in [0.2, 0.25) is 0 Å². The third-order valence-corrected chi connectivity index (χ3v) is 2.86. The molecule has 0 aliphatic carbocycles. The summed E-state index contributed by atoms with van der Waals surface area (Å²) in [7, 11) is 0. The molecule has 1 aromatic rings. The van der Waals surface area contributed by atoms with Crippen molar-refractivity contribution >= 4 is 0 Å².